The highest BCUT2D eigenvalue weighted by Crippen LogP contribution is 2.40. The van der Waals surface area contributed by atoms with Crippen molar-refractivity contribution in [2.45, 2.75) is 75.9 Å². The van der Waals surface area contributed by atoms with Gasteiger partial charge in [0.2, 0.25) is 11.9 Å². The molecule has 7 heteroatoms. The summed E-state index contributed by atoms with van der Waals surface area (Å²) in [5, 5.41) is 3.55. The molecule has 1 N–H and O–H groups in total. The third-order valence-corrected chi connectivity index (χ3v) is 6.02. The van der Waals surface area contributed by atoms with Gasteiger partial charge in [-0.3, -0.25) is 0 Å². The standard InChI is InChI=1S/C19H31N5O2/c1-25-18-22-16(21-17(23-18)24-11-6-2-3-7-12-24)20-15-8-13-26-19(14-15)9-4-5-10-19/h15H,2-14H2,1H3,(H,20,21,22,23). The first kappa shape index (κ1) is 17.8. The van der Waals surface area contributed by atoms with Gasteiger partial charge < -0.3 is 19.7 Å². The van der Waals surface area contributed by atoms with Crippen LogP contribution >= 0.6 is 0 Å². The highest BCUT2D eigenvalue weighted by atomic mass is 16.5. The molecule has 2 saturated heterocycles. The minimum Gasteiger partial charge on any atom is -0.467 e. The fourth-order valence-corrected chi connectivity index (χ4v) is 4.62. The van der Waals surface area contributed by atoms with Crippen LogP contribution < -0.4 is 15.0 Å². The van der Waals surface area contributed by atoms with Gasteiger partial charge in [0.1, 0.15) is 0 Å². The summed E-state index contributed by atoms with van der Waals surface area (Å²) in [6.07, 6.45) is 11.9. The van der Waals surface area contributed by atoms with E-state index in [2.05, 4.69) is 20.2 Å². The molecule has 26 heavy (non-hydrogen) atoms. The van der Waals surface area contributed by atoms with Crippen molar-refractivity contribution >= 4 is 11.9 Å². The number of ether oxygens (including phenoxy) is 2. The lowest BCUT2D eigenvalue weighted by Crippen LogP contribution is -2.42. The zero-order chi connectivity index (χ0) is 17.8. The average molecular weight is 361 g/mol. The maximum Gasteiger partial charge on any atom is 0.322 e. The second kappa shape index (κ2) is 7.94. The first-order valence-corrected chi connectivity index (χ1v) is 10.2. The lowest BCUT2D eigenvalue weighted by atomic mass is 9.89. The molecule has 1 aromatic rings. The van der Waals surface area contributed by atoms with E-state index in [-0.39, 0.29) is 5.60 Å². The van der Waals surface area contributed by atoms with Crippen molar-refractivity contribution in [3.63, 3.8) is 0 Å². The van der Waals surface area contributed by atoms with Crippen LogP contribution in [0, 0.1) is 0 Å². The molecule has 3 aliphatic rings. The Labute approximate surface area is 155 Å². The Morgan fingerprint density at radius 3 is 2.54 bits per heavy atom. The maximum absolute atomic E-state index is 6.15. The monoisotopic (exact) mass is 361 g/mol. The van der Waals surface area contributed by atoms with E-state index in [1.165, 1.54) is 51.4 Å². The molecule has 0 aromatic carbocycles. The molecule has 7 nitrogen and oxygen atoms in total. The lowest BCUT2D eigenvalue weighted by molar-refractivity contribution is -0.0767. The molecule has 0 amide bonds. The Morgan fingerprint density at radius 2 is 1.81 bits per heavy atom. The third-order valence-electron chi connectivity index (χ3n) is 6.02. The number of anilines is 2. The van der Waals surface area contributed by atoms with Crippen molar-refractivity contribution in [1.82, 2.24) is 15.0 Å². The van der Waals surface area contributed by atoms with Gasteiger partial charge in [0.25, 0.3) is 0 Å². The van der Waals surface area contributed by atoms with Crippen molar-refractivity contribution < 1.29 is 9.47 Å². The number of nitrogens with one attached hydrogen (secondary N) is 1. The molecule has 0 radical (unpaired) electrons. The van der Waals surface area contributed by atoms with Crippen LogP contribution in [0.25, 0.3) is 0 Å². The summed E-state index contributed by atoms with van der Waals surface area (Å²) in [7, 11) is 1.62. The van der Waals surface area contributed by atoms with Crippen LogP contribution in [0.2, 0.25) is 0 Å². The number of rotatable bonds is 4. The van der Waals surface area contributed by atoms with Gasteiger partial charge in [0.05, 0.1) is 12.7 Å². The van der Waals surface area contributed by atoms with E-state index in [0.717, 1.165) is 38.5 Å². The molecule has 1 atom stereocenters. The highest BCUT2D eigenvalue weighted by molar-refractivity contribution is 5.39. The third kappa shape index (κ3) is 4.03. The summed E-state index contributed by atoms with van der Waals surface area (Å²) in [5.41, 5.74) is 0.0840. The summed E-state index contributed by atoms with van der Waals surface area (Å²) in [6.45, 7) is 2.83. The summed E-state index contributed by atoms with van der Waals surface area (Å²) in [5.74, 6) is 1.38. The Bertz CT molecular complexity index is 598. The summed E-state index contributed by atoms with van der Waals surface area (Å²) >= 11 is 0. The van der Waals surface area contributed by atoms with Gasteiger partial charge in [-0.1, -0.05) is 25.7 Å². The molecule has 3 fully saturated rings. The number of nitrogens with zero attached hydrogens (tertiary/aromatic N) is 4. The number of methoxy groups -OCH3 is 1. The summed E-state index contributed by atoms with van der Waals surface area (Å²) in [4.78, 5) is 16.0. The zero-order valence-corrected chi connectivity index (χ0v) is 15.9. The van der Waals surface area contributed by atoms with Gasteiger partial charge in [-0.05, 0) is 38.5 Å². The van der Waals surface area contributed by atoms with Gasteiger partial charge in [-0.25, -0.2) is 0 Å². The van der Waals surface area contributed by atoms with Crippen molar-refractivity contribution in [1.29, 1.82) is 0 Å². The molecular weight excluding hydrogens is 330 g/mol. The number of hydrogen-bond donors (Lipinski definition) is 1. The average Bonchev–Trinajstić information content (AvgIpc) is 2.93. The molecule has 1 aliphatic carbocycles. The fraction of sp³-hybridized carbons (Fsp3) is 0.842. The molecule has 0 bridgehead atoms. The molecule has 2 aliphatic heterocycles. The van der Waals surface area contributed by atoms with E-state index >= 15 is 0 Å². The first-order chi connectivity index (χ1) is 12.8. The molecule has 4 rings (SSSR count). The van der Waals surface area contributed by atoms with E-state index in [0.29, 0.717) is 18.0 Å². The van der Waals surface area contributed by atoms with E-state index in [1.807, 2.05) is 0 Å². The number of hydrogen-bond acceptors (Lipinski definition) is 7. The molecule has 144 valence electrons. The Hall–Kier alpha value is -1.63. The highest BCUT2D eigenvalue weighted by Gasteiger charge is 2.40. The van der Waals surface area contributed by atoms with Crippen LogP contribution in [0.3, 0.4) is 0 Å². The second-order valence-corrected chi connectivity index (χ2v) is 7.92. The molecule has 1 unspecified atom stereocenters. The van der Waals surface area contributed by atoms with Crippen LogP contribution in [-0.2, 0) is 4.74 Å². The van der Waals surface area contributed by atoms with Gasteiger partial charge in [0, 0.05) is 25.7 Å². The Kier molecular flexibility index (Phi) is 5.43. The van der Waals surface area contributed by atoms with Crippen LogP contribution in [0.5, 0.6) is 6.01 Å². The summed E-state index contributed by atoms with van der Waals surface area (Å²) < 4.78 is 11.5. The largest absolute Gasteiger partial charge is 0.467 e. The van der Waals surface area contributed by atoms with Gasteiger partial charge >= 0.3 is 6.01 Å². The predicted molar refractivity (Wildman–Crippen MR) is 101 cm³/mol. The van der Waals surface area contributed by atoms with Gasteiger partial charge in [-0.2, -0.15) is 15.0 Å². The van der Waals surface area contributed by atoms with Crippen molar-refractivity contribution in [2.75, 3.05) is 37.0 Å². The minimum atomic E-state index is 0.0840. The first-order valence-electron chi connectivity index (χ1n) is 10.2. The molecule has 1 saturated carbocycles. The molecule has 1 aromatic heterocycles. The maximum atomic E-state index is 6.15. The SMILES string of the molecule is COc1nc(NC2CCOC3(CCCC3)C2)nc(N2CCCCCC2)n1. The zero-order valence-electron chi connectivity index (χ0n) is 15.9. The topological polar surface area (TPSA) is 72.4 Å². The van der Waals surface area contributed by atoms with E-state index in [4.69, 9.17) is 14.5 Å². The van der Waals surface area contributed by atoms with Crippen LogP contribution in [0.15, 0.2) is 0 Å². The Morgan fingerprint density at radius 1 is 1.04 bits per heavy atom. The fourth-order valence-electron chi connectivity index (χ4n) is 4.62. The quantitative estimate of drug-likeness (QED) is 0.883. The molecular formula is C19H31N5O2. The van der Waals surface area contributed by atoms with Crippen molar-refractivity contribution in [3.05, 3.63) is 0 Å². The molecule has 3 heterocycles. The predicted octanol–water partition coefficient (Wildman–Crippen LogP) is 3.16. The Balaban J connectivity index is 1.49. The summed E-state index contributed by atoms with van der Waals surface area (Å²) in [6, 6.07) is 0.746. The van der Waals surface area contributed by atoms with Gasteiger partial charge in [-0.15, -0.1) is 0 Å². The lowest BCUT2D eigenvalue weighted by Gasteiger charge is -2.38. The van der Waals surface area contributed by atoms with Crippen molar-refractivity contribution in [3.8, 4) is 6.01 Å². The molecule has 1 spiro atoms. The van der Waals surface area contributed by atoms with Crippen molar-refractivity contribution in [2.24, 2.45) is 0 Å². The van der Waals surface area contributed by atoms with E-state index in [9.17, 15) is 0 Å². The number of aromatic nitrogens is 3. The minimum absolute atomic E-state index is 0.0840. The second-order valence-electron chi connectivity index (χ2n) is 7.92. The smallest absolute Gasteiger partial charge is 0.322 e. The normalized spacial score (nSPS) is 25.9. The van der Waals surface area contributed by atoms with E-state index < -0.39 is 0 Å². The van der Waals surface area contributed by atoms with E-state index in [1.54, 1.807) is 7.11 Å². The van der Waals surface area contributed by atoms with Crippen LogP contribution in [0.4, 0.5) is 11.9 Å². The van der Waals surface area contributed by atoms with Crippen LogP contribution in [0.1, 0.15) is 64.2 Å². The van der Waals surface area contributed by atoms with Crippen LogP contribution in [-0.4, -0.2) is 53.4 Å². The van der Waals surface area contributed by atoms with Gasteiger partial charge in [0.15, 0.2) is 0 Å².